The first-order valence-corrected chi connectivity index (χ1v) is 12.0. The molecule has 1 heterocycles. The lowest BCUT2D eigenvalue weighted by Gasteiger charge is -2.32. The lowest BCUT2D eigenvalue weighted by Crippen LogP contribution is -2.39. The monoisotopic (exact) mass is 473 g/mol. The van der Waals surface area contributed by atoms with Gasteiger partial charge < -0.3 is 4.90 Å². The van der Waals surface area contributed by atoms with Crippen molar-refractivity contribution in [2.45, 2.75) is 39.7 Å². The van der Waals surface area contributed by atoms with Gasteiger partial charge in [0.2, 0.25) is 0 Å². The van der Waals surface area contributed by atoms with E-state index in [2.05, 4.69) is 0 Å². The van der Waals surface area contributed by atoms with Gasteiger partial charge in [0.1, 0.15) is 5.82 Å². The number of halogens is 1. The van der Waals surface area contributed by atoms with Crippen LogP contribution in [0, 0.1) is 6.92 Å². The zero-order valence-electron chi connectivity index (χ0n) is 19.7. The lowest BCUT2D eigenvalue weighted by molar-refractivity contribution is 0.0659. The average molecular weight is 474 g/mol. The maximum atomic E-state index is 13.8. The maximum absolute atomic E-state index is 13.8. The number of benzene rings is 3. The molecule has 0 aliphatic rings. The molecule has 1 unspecified atom stereocenters. The second-order valence-electron chi connectivity index (χ2n) is 8.37. The average Bonchev–Trinajstić information content (AvgIpc) is 2.84. The second-order valence-corrected chi connectivity index (χ2v) is 8.78. The van der Waals surface area contributed by atoms with Crippen LogP contribution in [0.15, 0.2) is 77.6 Å². The Morgan fingerprint density at radius 1 is 1.03 bits per heavy atom. The van der Waals surface area contributed by atoms with E-state index in [1.54, 1.807) is 39.8 Å². The number of para-hydroxylation sites is 1. The van der Waals surface area contributed by atoms with Crippen LogP contribution in [0.5, 0.6) is 0 Å². The van der Waals surface area contributed by atoms with Crippen LogP contribution in [0.25, 0.3) is 16.6 Å². The van der Waals surface area contributed by atoms with Crippen LogP contribution in [0.3, 0.4) is 0 Å². The Balaban J connectivity index is 1.97. The topological polar surface area (TPSA) is 55.2 Å². The van der Waals surface area contributed by atoms with Crippen LogP contribution in [-0.4, -0.2) is 26.9 Å². The molecule has 4 aromatic rings. The third kappa shape index (κ3) is 4.48. The zero-order chi connectivity index (χ0) is 24.2. The maximum Gasteiger partial charge on any atom is 0.266 e. The SMILES string of the molecule is CCCN(C(=O)c1ccccc1Cl)C(CC)c1nc2ccccc2c(=O)n1-c1cccc(C)c1. The molecule has 0 spiro atoms. The molecule has 4 rings (SSSR count). The van der Waals surface area contributed by atoms with E-state index in [9.17, 15) is 9.59 Å². The van der Waals surface area contributed by atoms with Crippen molar-refractivity contribution in [3.63, 3.8) is 0 Å². The molecule has 0 saturated heterocycles. The quantitative estimate of drug-likeness (QED) is 0.314. The fraction of sp³-hybridized carbons (Fsp3) is 0.250. The summed E-state index contributed by atoms with van der Waals surface area (Å²) < 4.78 is 1.66. The summed E-state index contributed by atoms with van der Waals surface area (Å²) in [6.45, 7) is 6.54. The molecule has 0 N–H and O–H groups in total. The van der Waals surface area contributed by atoms with Gasteiger partial charge >= 0.3 is 0 Å². The number of nitrogens with zero attached hydrogens (tertiary/aromatic N) is 3. The van der Waals surface area contributed by atoms with Crippen LogP contribution in [0.2, 0.25) is 5.02 Å². The molecule has 0 radical (unpaired) electrons. The highest BCUT2D eigenvalue weighted by Gasteiger charge is 2.30. The number of rotatable bonds is 7. The Kier molecular flexibility index (Phi) is 7.13. The Morgan fingerprint density at radius 2 is 1.76 bits per heavy atom. The molecule has 0 aliphatic heterocycles. The van der Waals surface area contributed by atoms with E-state index < -0.39 is 6.04 Å². The van der Waals surface area contributed by atoms with Crippen LogP contribution >= 0.6 is 11.6 Å². The number of carbonyl (C=O) groups excluding carboxylic acids is 1. The van der Waals surface area contributed by atoms with Crippen LogP contribution in [0.4, 0.5) is 0 Å². The molecule has 34 heavy (non-hydrogen) atoms. The van der Waals surface area contributed by atoms with Crippen molar-refractivity contribution in [2.75, 3.05) is 6.54 Å². The van der Waals surface area contributed by atoms with Crippen molar-refractivity contribution >= 4 is 28.4 Å². The van der Waals surface area contributed by atoms with Crippen molar-refractivity contribution < 1.29 is 4.79 Å². The predicted molar refractivity (Wildman–Crippen MR) is 138 cm³/mol. The highest BCUT2D eigenvalue weighted by atomic mass is 35.5. The van der Waals surface area contributed by atoms with E-state index in [1.807, 2.05) is 63.2 Å². The summed E-state index contributed by atoms with van der Waals surface area (Å²) in [5.41, 5.74) is 2.69. The van der Waals surface area contributed by atoms with Gasteiger partial charge in [-0.05, 0) is 61.7 Å². The molecule has 1 aromatic heterocycles. The highest BCUT2D eigenvalue weighted by Crippen LogP contribution is 2.29. The minimum atomic E-state index is -0.415. The van der Waals surface area contributed by atoms with Crippen molar-refractivity contribution in [3.05, 3.63) is 105 Å². The fourth-order valence-electron chi connectivity index (χ4n) is 4.36. The first-order valence-electron chi connectivity index (χ1n) is 11.6. The Morgan fingerprint density at radius 3 is 2.47 bits per heavy atom. The van der Waals surface area contributed by atoms with Gasteiger partial charge in [-0.1, -0.05) is 61.8 Å². The van der Waals surface area contributed by atoms with Gasteiger partial charge in [0.05, 0.1) is 33.2 Å². The summed E-state index contributed by atoms with van der Waals surface area (Å²) in [7, 11) is 0. The van der Waals surface area contributed by atoms with Crippen molar-refractivity contribution in [1.82, 2.24) is 14.5 Å². The van der Waals surface area contributed by atoms with Gasteiger partial charge in [-0.25, -0.2) is 4.98 Å². The number of fused-ring (bicyclic) bond motifs is 1. The molecular weight excluding hydrogens is 446 g/mol. The standard InChI is InChI=1S/C28H28ClN3O2/c1-4-17-31(27(33)21-13-6-8-15-23(21)29)25(5-2)26-30-24-16-9-7-14-22(24)28(34)32(26)20-12-10-11-19(3)18-20/h6-16,18,25H,4-5,17H2,1-3H3. The molecule has 0 fully saturated rings. The lowest BCUT2D eigenvalue weighted by atomic mass is 10.1. The molecule has 1 atom stereocenters. The molecule has 3 aromatic carbocycles. The first kappa shape index (κ1) is 23.7. The van der Waals surface area contributed by atoms with Crippen LogP contribution in [0.1, 0.15) is 54.5 Å². The minimum absolute atomic E-state index is 0.147. The third-order valence-corrected chi connectivity index (χ3v) is 6.28. The Labute approximate surface area is 204 Å². The van der Waals surface area contributed by atoms with Crippen LogP contribution < -0.4 is 5.56 Å². The van der Waals surface area contributed by atoms with E-state index in [1.165, 1.54) is 0 Å². The van der Waals surface area contributed by atoms with E-state index >= 15 is 0 Å². The fourth-order valence-corrected chi connectivity index (χ4v) is 4.58. The summed E-state index contributed by atoms with van der Waals surface area (Å²) in [5.74, 6) is 0.378. The molecule has 1 amide bonds. The molecular formula is C28H28ClN3O2. The van der Waals surface area contributed by atoms with E-state index in [0.29, 0.717) is 40.3 Å². The van der Waals surface area contributed by atoms with Gasteiger partial charge in [-0.15, -0.1) is 0 Å². The molecule has 0 aliphatic carbocycles. The van der Waals surface area contributed by atoms with Gasteiger partial charge in [0, 0.05) is 6.54 Å². The summed E-state index contributed by atoms with van der Waals surface area (Å²) in [6, 6.07) is 21.8. The van der Waals surface area contributed by atoms with Crippen molar-refractivity contribution in [1.29, 1.82) is 0 Å². The van der Waals surface area contributed by atoms with Gasteiger partial charge in [0.25, 0.3) is 11.5 Å². The van der Waals surface area contributed by atoms with Crippen molar-refractivity contribution in [2.24, 2.45) is 0 Å². The second kappa shape index (κ2) is 10.2. The number of aryl methyl sites for hydroxylation is 1. The van der Waals surface area contributed by atoms with E-state index in [0.717, 1.165) is 17.7 Å². The van der Waals surface area contributed by atoms with Crippen molar-refractivity contribution in [3.8, 4) is 5.69 Å². The number of aromatic nitrogens is 2. The summed E-state index contributed by atoms with van der Waals surface area (Å²) in [5, 5.41) is 0.952. The normalized spacial score (nSPS) is 12.0. The molecule has 174 valence electrons. The molecule has 0 saturated carbocycles. The number of hydrogen-bond donors (Lipinski definition) is 0. The van der Waals surface area contributed by atoms with E-state index in [4.69, 9.17) is 16.6 Å². The Hall–Kier alpha value is -3.44. The van der Waals surface area contributed by atoms with Crippen LogP contribution in [-0.2, 0) is 0 Å². The summed E-state index contributed by atoms with van der Waals surface area (Å²) in [4.78, 5) is 34.2. The zero-order valence-corrected chi connectivity index (χ0v) is 20.4. The third-order valence-electron chi connectivity index (χ3n) is 5.95. The number of amides is 1. The molecule has 0 bridgehead atoms. The largest absolute Gasteiger partial charge is 0.328 e. The van der Waals surface area contributed by atoms with Gasteiger partial charge in [-0.3, -0.25) is 14.2 Å². The Bertz CT molecular complexity index is 1400. The molecule has 6 heteroatoms. The van der Waals surface area contributed by atoms with Gasteiger partial charge in [0.15, 0.2) is 0 Å². The minimum Gasteiger partial charge on any atom is -0.328 e. The number of hydrogen-bond acceptors (Lipinski definition) is 3. The van der Waals surface area contributed by atoms with E-state index in [-0.39, 0.29) is 11.5 Å². The smallest absolute Gasteiger partial charge is 0.266 e. The first-order chi connectivity index (χ1) is 16.5. The molecule has 5 nitrogen and oxygen atoms in total. The highest BCUT2D eigenvalue weighted by molar-refractivity contribution is 6.33. The summed E-state index contributed by atoms with van der Waals surface area (Å²) >= 11 is 6.39. The predicted octanol–water partition coefficient (Wildman–Crippen LogP) is 6.35. The van der Waals surface area contributed by atoms with Gasteiger partial charge in [-0.2, -0.15) is 0 Å². The summed E-state index contributed by atoms with van der Waals surface area (Å²) in [6.07, 6.45) is 1.35. The number of carbonyl (C=O) groups is 1.